The molecule has 0 saturated heterocycles. The third kappa shape index (κ3) is 5.88. The Balaban J connectivity index is 1.87. The van der Waals surface area contributed by atoms with Crippen molar-refractivity contribution in [2.45, 2.75) is 32.2 Å². The minimum atomic E-state index is -1.10. The normalized spacial score (nSPS) is 11.6. The number of Topliss-reactive ketones (excluding diaryl/α,β-unsaturated/α-hetero) is 1. The smallest absolute Gasteiger partial charge is 0.326 e. The van der Waals surface area contributed by atoms with Gasteiger partial charge in [0.1, 0.15) is 6.04 Å². The summed E-state index contributed by atoms with van der Waals surface area (Å²) in [6.45, 7) is 1.93. The molecule has 0 bridgehead atoms. The summed E-state index contributed by atoms with van der Waals surface area (Å²) in [6, 6.07) is 15.2. The first kappa shape index (κ1) is 18.4. The average molecular weight is 339 g/mol. The highest BCUT2D eigenvalue weighted by Crippen LogP contribution is 2.08. The van der Waals surface area contributed by atoms with Crippen LogP contribution in [0.3, 0.4) is 0 Å². The monoisotopic (exact) mass is 339 g/mol. The van der Waals surface area contributed by atoms with Crippen molar-refractivity contribution in [1.29, 1.82) is 0 Å². The lowest BCUT2D eigenvalue weighted by Gasteiger charge is -2.14. The number of hydrogen-bond donors (Lipinski definition) is 2. The summed E-state index contributed by atoms with van der Waals surface area (Å²) in [6.07, 6.45) is 0.214. The van der Waals surface area contributed by atoms with Crippen molar-refractivity contribution in [2.75, 3.05) is 0 Å². The molecule has 0 heterocycles. The number of benzene rings is 2. The number of rotatable bonds is 8. The molecular weight excluding hydrogens is 318 g/mol. The number of aryl methyl sites for hydroxylation is 1. The van der Waals surface area contributed by atoms with Crippen LogP contribution in [-0.4, -0.2) is 28.8 Å². The second kappa shape index (κ2) is 8.78. The van der Waals surface area contributed by atoms with E-state index in [4.69, 9.17) is 0 Å². The number of carboxylic acids is 1. The molecule has 0 aliphatic heterocycles. The maximum absolute atomic E-state index is 12.1. The fraction of sp³-hybridized carbons (Fsp3) is 0.250. The maximum Gasteiger partial charge on any atom is 0.326 e. The van der Waals surface area contributed by atoms with Crippen LogP contribution in [0.25, 0.3) is 0 Å². The van der Waals surface area contributed by atoms with E-state index in [0.29, 0.717) is 5.56 Å². The lowest BCUT2D eigenvalue weighted by Crippen LogP contribution is -2.42. The Morgan fingerprint density at radius 2 is 1.60 bits per heavy atom. The summed E-state index contributed by atoms with van der Waals surface area (Å²) in [4.78, 5) is 35.4. The topological polar surface area (TPSA) is 83.5 Å². The van der Waals surface area contributed by atoms with E-state index in [-0.39, 0.29) is 25.0 Å². The number of ketones is 1. The van der Waals surface area contributed by atoms with Gasteiger partial charge < -0.3 is 10.4 Å². The minimum absolute atomic E-state index is 0.0364. The van der Waals surface area contributed by atoms with Crippen molar-refractivity contribution in [2.24, 2.45) is 0 Å². The standard InChI is InChI=1S/C20H21NO4/c1-14-7-9-16(10-8-14)18(22)11-12-19(23)21-17(20(24)25)13-15-5-3-2-4-6-15/h2-10,17H,11-13H2,1H3,(H,21,23)(H,24,25). The van der Waals surface area contributed by atoms with Crippen LogP contribution >= 0.6 is 0 Å². The van der Waals surface area contributed by atoms with Crippen LogP contribution in [0.2, 0.25) is 0 Å². The van der Waals surface area contributed by atoms with E-state index in [0.717, 1.165) is 11.1 Å². The van der Waals surface area contributed by atoms with Crippen molar-refractivity contribution in [1.82, 2.24) is 5.32 Å². The molecule has 0 fully saturated rings. The Hall–Kier alpha value is -2.95. The molecule has 5 heteroatoms. The molecule has 0 radical (unpaired) electrons. The summed E-state index contributed by atoms with van der Waals surface area (Å²) in [7, 11) is 0. The molecule has 2 N–H and O–H groups in total. The highest BCUT2D eigenvalue weighted by molar-refractivity contribution is 5.98. The summed E-state index contributed by atoms with van der Waals surface area (Å²) in [5.74, 6) is -1.67. The highest BCUT2D eigenvalue weighted by atomic mass is 16.4. The Labute approximate surface area is 146 Å². The molecule has 130 valence electrons. The molecule has 0 aliphatic carbocycles. The second-order valence-electron chi connectivity index (χ2n) is 5.94. The Bertz CT molecular complexity index is 738. The van der Waals surface area contributed by atoms with E-state index in [2.05, 4.69) is 5.32 Å². The average Bonchev–Trinajstić information content (AvgIpc) is 2.60. The van der Waals surface area contributed by atoms with Crippen LogP contribution in [0, 0.1) is 6.92 Å². The number of nitrogens with one attached hydrogen (secondary N) is 1. The number of carbonyl (C=O) groups is 3. The van der Waals surface area contributed by atoms with E-state index in [9.17, 15) is 19.5 Å². The van der Waals surface area contributed by atoms with Gasteiger partial charge in [-0.05, 0) is 12.5 Å². The van der Waals surface area contributed by atoms with E-state index in [1.54, 1.807) is 12.1 Å². The van der Waals surface area contributed by atoms with Gasteiger partial charge in [0.15, 0.2) is 5.78 Å². The van der Waals surface area contributed by atoms with Gasteiger partial charge in [-0.25, -0.2) is 4.79 Å². The Kier molecular flexibility index (Phi) is 6.46. The molecule has 0 saturated carbocycles. The van der Waals surface area contributed by atoms with Crippen LogP contribution in [0.15, 0.2) is 54.6 Å². The van der Waals surface area contributed by atoms with Gasteiger partial charge >= 0.3 is 5.97 Å². The molecule has 2 rings (SSSR count). The molecule has 1 amide bonds. The summed E-state index contributed by atoms with van der Waals surface area (Å²) >= 11 is 0. The SMILES string of the molecule is Cc1ccc(C(=O)CCC(=O)NC(Cc2ccccc2)C(=O)O)cc1. The van der Waals surface area contributed by atoms with Crippen molar-refractivity contribution >= 4 is 17.7 Å². The lowest BCUT2D eigenvalue weighted by atomic mass is 10.0. The molecular formula is C20H21NO4. The van der Waals surface area contributed by atoms with Crippen LogP contribution in [-0.2, 0) is 16.0 Å². The Morgan fingerprint density at radius 3 is 2.20 bits per heavy atom. The van der Waals surface area contributed by atoms with E-state index in [1.807, 2.05) is 49.4 Å². The van der Waals surface area contributed by atoms with Gasteiger partial charge in [-0.2, -0.15) is 0 Å². The lowest BCUT2D eigenvalue weighted by molar-refractivity contribution is -0.141. The van der Waals surface area contributed by atoms with Gasteiger partial charge in [-0.3, -0.25) is 9.59 Å². The largest absolute Gasteiger partial charge is 0.480 e. The minimum Gasteiger partial charge on any atom is -0.480 e. The van der Waals surface area contributed by atoms with Crippen LogP contribution in [0.5, 0.6) is 0 Å². The third-order valence-electron chi connectivity index (χ3n) is 3.87. The van der Waals surface area contributed by atoms with E-state index >= 15 is 0 Å². The fourth-order valence-electron chi connectivity index (χ4n) is 2.43. The first-order valence-corrected chi connectivity index (χ1v) is 8.11. The quantitative estimate of drug-likeness (QED) is 0.725. The van der Waals surface area contributed by atoms with Gasteiger partial charge in [0.25, 0.3) is 0 Å². The zero-order valence-electron chi connectivity index (χ0n) is 14.1. The Morgan fingerprint density at radius 1 is 0.960 bits per heavy atom. The van der Waals surface area contributed by atoms with Gasteiger partial charge in [-0.15, -0.1) is 0 Å². The summed E-state index contributed by atoms with van der Waals surface area (Å²) in [5, 5.41) is 11.8. The van der Waals surface area contributed by atoms with Crippen LogP contribution < -0.4 is 5.32 Å². The number of carboxylic acid groups (broad SMARTS) is 1. The molecule has 1 unspecified atom stereocenters. The first-order valence-electron chi connectivity index (χ1n) is 8.11. The van der Waals surface area contributed by atoms with Gasteiger partial charge in [0.2, 0.25) is 5.91 Å². The van der Waals surface area contributed by atoms with Crippen molar-refractivity contribution in [3.8, 4) is 0 Å². The third-order valence-corrected chi connectivity index (χ3v) is 3.87. The first-order chi connectivity index (χ1) is 12.0. The summed E-state index contributed by atoms with van der Waals surface area (Å²) < 4.78 is 0. The molecule has 0 spiro atoms. The van der Waals surface area contributed by atoms with Crippen LogP contribution in [0.4, 0.5) is 0 Å². The molecule has 2 aromatic rings. The van der Waals surface area contributed by atoms with Crippen molar-refractivity contribution in [3.05, 3.63) is 71.3 Å². The van der Waals surface area contributed by atoms with E-state index < -0.39 is 17.9 Å². The number of hydrogen-bond acceptors (Lipinski definition) is 3. The number of aliphatic carboxylic acids is 1. The van der Waals surface area contributed by atoms with Crippen molar-refractivity contribution in [3.63, 3.8) is 0 Å². The van der Waals surface area contributed by atoms with Crippen LogP contribution in [0.1, 0.15) is 34.3 Å². The predicted molar refractivity (Wildman–Crippen MR) is 94.5 cm³/mol. The highest BCUT2D eigenvalue weighted by Gasteiger charge is 2.20. The number of carbonyl (C=O) groups excluding carboxylic acids is 2. The zero-order valence-corrected chi connectivity index (χ0v) is 14.1. The number of amides is 1. The van der Waals surface area contributed by atoms with Gasteiger partial charge in [0, 0.05) is 24.8 Å². The fourth-order valence-corrected chi connectivity index (χ4v) is 2.43. The molecule has 0 aromatic heterocycles. The predicted octanol–water partition coefficient (Wildman–Crippen LogP) is 2.77. The molecule has 2 aromatic carbocycles. The second-order valence-corrected chi connectivity index (χ2v) is 5.94. The zero-order chi connectivity index (χ0) is 18.2. The molecule has 1 atom stereocenters. The van der Waals surface area contributed by atoms with E-state index in [1.165, 1.54) is 0 Å². The molecule has 25 heavy (non-hydrogen) atoms. The molecule has 5 nitrogen and oxygen atoms in total. The van der Waals surface area contributed by atoms with Crippen molar-refractivity contribution < 1.29 is 19.5 Å². The molecule has 0 aliphatic rings. The van der Waals surface area contributed by atoms with Gasteiger partial charge in [0.05, 0.1) is 0 Å². The summed E-state index contributed by atoms with van der Waals surface area (Å²) in [5.41, 5.74) is 2.43. The van der Waals surface area contributed by atoms with Gasteiger partial charge in [-0.1, -0.05) is 60.2 Å². The maximum atomic E-state index is 12.1.